The molecule has 0 saturated carbocycles. The van der Waals surface area contributed by atoms with Crippen molar-refractivity contribution in [3.05, 3.63) is 39.9 Å². The van der Waals surface area contributed by atoms with E-state index in [9.17, 15) is 19.7 Å². The van der Waals surface area contributed by atoms with Crippen LogP contribution in [0.4, 0.5) is 5.13 Å². The van der Waals surface area contributed by atoms with Gasteiger partial charge in [0.15, 0.2) is 4.34 Å². The number of rotatable bonds is 8. The number of aromatic nitrogens is 2. The van der Waals surface area contributed by atoms with E-state index in [1.807, 2.05) is 0 Å². The Bertz CT molecular complexity index is 787. The summed E-state index contributed by atoms with van der Waals surface area (Å²) in [5.41, 5.74) is 5.62. The lowest BCUT2D eigenvalue weighted by atomic mass is 10.2. The normalized spacial score (nSPS) is 9.67. The van der Waals surface area contributed by atoms with Gasteiger partial charge in [-0.15, -0.1) is 32.9 Å². The van der Waals surface area contributed by atoms with Crippen molar-refractivity contribution in [1.29, 1.82) is 0 Å². The van der Waals surface area contributed by atoms with Crippen molar-refractivity contribution in [1.82, 2.24) is 14.9 Å². The van der Waals surface area contributed by atoms with Crippen LogP contribution in [0.15, 0.2) is 33.5 Å². The number of nitrogens with two attached hydrogens (primary N) is 1. The minimum atomic E-state index is -0.920. The van der Waals surface area contributed by atoms with E-state index in [2.05, 4.69) is 32.4 Å². The molecule has 1 heterocycles. The summed E-state index contributed by atoms with van der Waals surface area (Å²) in [5, 5.41) is 25.0. The van der Waals surface area contributed by atoms with E-state index in [1.165, 1.54) is 12.1 Å². The van der Waals surface area contributed by atoms with Crippen LogP contribution in [0.5, 0.6) is 0 Å². The van der Waals surface area contributed by atoms with Crippen LogP contribution in [0.25, 0.3) is 0 Å². The molecular weight excluding hydrogens is 418 g/mol. The zero-order valence-electron chi connectivity index (χ0n) is 13.6. The van der Waals surface area contributed by atoms with Gasteiger partial charge in [0.2, 0.25) is 11.0 Å². The number of hydrogen-bond donors (Lipinski definition) is 4. The molecule has 0 spiro atoms. The van der Waals surface area contributed by atoms with Crippen LogP contribution < -0.4 is 10.5 Å². The van der Waals surface area contributed by atoms with Crippen LogP contribution in [0.1, 0.15) is 23.2 Å². The Kier molecular flexibility index (Phi) is 9.92. The number of nitrogens with zero attached hydrogens (tertiary/aromatic N) is 3. The molecule has 0 saturated heterocycles. The Morgan fingerprint density at radius 1 is 1.44 bits per heavy atom. The van der Waals surface area contributed by atoms with Gasteiger partial charge in [0.25, 0.3) is 5.09 Å². The van der Waals surface area contributed by atoms with Gasteiger partial charge in [0.05, 0.1) is 12.2 Å². The lowest BCUT2D eigenvalue weighted by Crippen LogP contribution is -2.16. The van der Waals surface area contributed by atoms with E-state index in [0.717, 1.165) is 23.3 Å². The highest BCUT2D eigenvalue weighted by atomic mass is 32.2. The standard InChI is InChI=1S/C7H6O2S.C6H9N5O4S2/c8-7(9)5-2-1-3-6(10)4-5;7-5-8-9-6(16-5)17-10-4(12)2-1-3-15-11(13)14/h1-4,10H,(H,8,9);1-3H2,(H2,7,8)(H,10,12). The largest absolute Gasteiger partial charge is 0.478 e. The molecule has 4 N–H and O–H groups in total. The number of nitrogen functional groups attached to an aromatic ring is 1. The van der Waals surface area contributed by atoms with Gasteiger partial charge in [-0.1, -0.05) is 17.4 Å². The Morgan fingerprint density at radius 3 is 2.70 bits per heavy atom. The summed E-state index contributed by atoms with van der Waals surface area (Å²) in [6, 6.07) is 6.43. The molecule has 0 bridgehead atoms. The molecule has 27 heavy (non-hydrogen) atoms. The zero-order chi connectivity index (χ0) is 20.2. The number of carboxylic acid groups (broad SMARTS) is 1. The van der Waals surface area contributed by atoms with Crippen molar-refractivity contribution in [2.75, 3.05) is 12.3 Å². The highest BCUT2D eigenvalue weighted by Gasteiger charge is 2.06. The second-order valence-corrected chi connectivity index (χ2v) is 7.13. The molecule has 0 unspecified atom stereocenters. The van der Waals surface area contributed by atoms with Gasteiger partial charge in [-0.2, -0.15) is 0 Å². The molecule has 0 atom stereocenters. The first-order valence-electron chi connectivity index (χ1n) is 7.12. The maximum Gasteiger partial charge on any atom is 0.335 e. The molecule has 0 aliphatic rings. The number of aromatic carboxylic acids is 1. The predicted octanol–water partition coefficient (Wildman–Crippen LogP) is 1.91. The molecule has 2 rings (SSSR count). The number of anilines is 1. The summed E-state index contributed by atoms with van der Waals surface area (Å²) >= 11 is 6.14. The minimum absolute atomic E-state index is 0.100. The second-order valence-electron chi connectivity index (χ2n) is 4.55. The summed E-state index contributed by atoms with van der Waals surface area (Å²) in [6.07, 6.45) is 0.404. The van der Waals surface area contributed by atoms with Crippen molar-refractivity contribution < 1.29 is 24.6 Å². The first-order chi connectivity index (χ1) is 12.8. The first-order valence-corrected chi connectivity index (χ1v) is 9.20. The van der Waals surface area contributed by atoms with E-state index in [0.29, 0.717) is 14.4 Å². The van der Waals surface area contributed by atoms with E-state index in [1.54, 1.807) is 12.1 Å². The first kappa shape index (κ1) is 22.5. The fourth-order valence-electron chi connectivity index (χ4n) is 1.42. The van der Waals surface area contributed by atoms with Crippen molar-refractivity contribution in [3.8, 4) is 0 Å². The lowest BCUT2D eigenvalue weighted by molar-refractivity contribution is -0.757. The van der Waals surface area contributed by atoms with Crippen LogP contribution in [0, 0.1) is 10.1 Å². The molecule has 0 aliphatic carbocycles. The third kappa shape index (κ3) is 10.2. The monoisotopic (exact) mass is 433 g/mol. The van der Waals surface area contributed by atoms with Gasteiger partial charge in [0.1, 0.15) is 0 Å². The molecular formula is C13H15N5O6S3. The number of nitrogens with one attached hydrogen (secondary N) is 1. The van der Waals surface area contributed by atoms with E-state index < -0.39 is 11.1 Å². The molecule has 1 amide bonds. The van der Waals surface area contributed by atoms with Crippen LogP contribution in [-0.4, -0.2) is 38.9 Å². The summed E-state index contributed by atoms with van der Waals surface area (Å²) in [5.74, 6) is -1.19. The van der Waals surface area contributed by atoms with Crippen LogP contribution in [0.2, 0.25) is 0 Å². The van der Waals surface area contributed by atoms with Crippen molar-refractivity contribution in [2.24, 2.45) is 0 Å². The highest BCUT2D eigenvalue weighted by molar-refractivity contribution is 7.99. The maximum absolute atomic E-state index is 11.2. The quantitative estimate of drug-likeness (QED) is 0.158. The average Bonchev–Trinajstić information content (AvgIpc) is 3.03. The predicted molar refractivity (Wildman–Crippen MR) is 101 cm³/mol. The Morgan fingerprint density at radius 2 is 2.19 bits per heavy atom. The topological polar surface area (TPSA) is 171 Å². The maximum atomic E-state index is 11.2. The van der Waals surface area contributed by atoms with Gasteiger partial charge in [-0.05, 0) is 24.6 Å². The second kappa shape index (κ2) is 11.9. The van der Waals surface area contributed by atoms with Crippen molar-refractivity contribution >= 4 is 52.9 Å². The van der Waals surface area contributed by atoms with E-state index in [4.69, 9.17) is 10.8 Å². The van der Waals surface area contributed by atoms with Crippen LogP contribution >= 0.6 is 35.9 Å². The van der Waals surface area contributed by atoms with Crippen LogP contribution in [-0.2, 0) is 9.63 Å². The molecule has 14 heteroatoms. The number of thiol groups is 1. The molecule has 11 nitrogen and oxygen atoms in total. The molecule has 1 aromatic carbocycles. The zero-order valence-corrected chi connectivity index (χ0v) is 16.1. The third-order valence-electron chi connectivity index (χ3n) is 2.51. The summed E-state index contributed by atoms with van der Waals surface area (Å²) in [4.78, 5) is 36.1. The SMILES string of the molecule is Nc1nnc(SNC(=O)CCCO[N+](=O)[O-])s1.O=C(O)c1cccc(S)c1. The minimum Gasteiger partial charge on any atom is -0.478 e. The fourth-order valence-corrected chi connectivity index (χ4v) is 2.92. The Balaban J connectivity index is 0.000000309. The molecule has 146 valence electrons. The number of carbonyl (C=O) groups is 2. The number of carbonyl (C=O) groups excluding carboxylic acids is 1. The fraction of sp³-hybridized carbons (Fsp3) is 0.231. The summed E-state index contributed by atoms with van der Waals surface area (Å²) in [6.45, 7) is -0.100. The number of hydrogen-bond acceptors (Lipinski definition) is 11. The lowest BCUT2D eigenvalue weighted by Gasteiger charge is -2.00. The van der Waals surface area contributed by atoms with E-state index in [-0.39, 0.29) is 30.9 Å². The van der Waals surface area contributed by atoms with Gasteiger partial charge < -0.3 is 15.7 Å². The highest BCUT2D eigenvalue weighted by Crippen LogP contribution is 2.20. The molecule has 0 fully saturated rings. The number of amides is 1. The van der Waals surface area contributed by atoms with Crippen LogP contribution in [0.3, 0.4) is 0 Å². The average molecular weight is 433 g/mol. The van der Waals surface area contributed by atoms with Crippen molar-refractivity contribution in [3.63, 3.8) is 0 Å². The molecule has 1 aromatic heterocycles. The van der Waals surface area contributed by atoms with Gasteiger partial charge in [0, 0.05) is 23.3 Å². The molecule has 0 radical (unpaired) electrons. The number of carboxylic acids is 1. The molecule has 0 aliphatic heterocycles. The summed E-state index contributed by atoms with van der Waals surface area (Å²) < 4.78 is 3.03. The van der Waals surface area contributed by atoms with E-state index >= 15 is 0 Å². The smallest absolute Gasteiger partial charge is 0.335 e. The Hall–Kier alpha value is -2.58. The van der Waals surface area contributed by atoms with Gasteiger partial charge >= 0.3 is 5.97 Å². The molecule has 2 aromatic rings. The Labute approximate surface area is 167 Å². The summed E-state index contributed by atoms with van der Waals surface area (Å²) in [7, 11) is 0. The van der Waals surface area contributed by atoms with Gasteiger partial charge in [-0.25, -0.2) is 4.79 Å². The number of benzene rings is 1. The third-order valence-corrected chi connectivity index (χ3v) is 4.42. The van der Waals surface area contributed by atoms with Crippen molar-refractivity contribution in [2.45, 2.75) is 22.1 Å². The van der Waals surface area contributed by atoms with Gasteiger partial charge in [-0.3, -0.25) is 9.52 Å².